The summed E-state index contributed by atoms with van der Waals surface area (Å²) in [6.07, 6.45) is 0.304. The van der Waals surface area contributed by atoms with E-state index in [1.807, 2.05) is 42.5 Å². The van der Waals surface area contributed by atoms with Gasteiger partial charge in [0.1, 0.15) is 0 Å². The van der Waals surface area contributed by atoms with Crippen molar-refractivity contribution in [1.29, 1.82) is 5.26 Å². The van der Waals surface area contributed by atoms with Gasteiger partial charge in [-0.05, 0) is 34.9 Å². The van der Waals surface area contributed by atoms with Crippen molar-refractivity contribution >= 4 is 11.9 Å². The molecule has 0 bridgehead atoms. The average Bonchev–Trinajstić information content (AvgIpc) is 2.59. The molecule has 1 aliphatic heterocycles. The first-order valence-corrected chi connectivity index (χ1v) is 7.29. The molecule has 0 saturated heterocycles. The molecule has 0 saturated carbocycles. The largest absolute Gasteiger partial charge is 0.369 e. The number of amides is 1. The number of hydrogen-bond acceptors (Lipinski definition) is 4. The second-order valence-electron chi connectivity index (χ2n) is 5.48. The molecule has 5 heteroatoms. The van der Waals surface area contributed by atoms with E-state index in [1.165, 1.54) is 4.90 Å². The molecule has 114 valence electrons. The number of carbonyl (C=O) groups is 1. The standard InChI is InChI=1S/C18H16N4O/c1-22-17(23)10-16(21-18(22)20)15-7-3-6-14(9-15)13-5-2-4-12(8-13)11-19/h2-9,16H,10H2,1H3,(H2,20,21). The summed E-state index contributed by atoms with van der Waals surface area (Å²) in [5, 5.41) is 9.03. The Balaban J connectivity index is 1.97. The van der Waals surface area contributed by atoms with E-state index >= 15 is 0 Å². The highest BCUT2D eigenvalue weighted by molar-refractivity contribution is 5.98. The SMILES string of the molecule is CN1C(=O)CC(c2cccc(-c3cccc(C#N)c3)c2)N=C1N. The van der Waals surface area contributed by atoms with Crippen LogP contribution in [0.5, 0.6) is 0 Å². The Hall–Kier alpha value is -3.13. The van der Waals surface area contributed by atoms with Crippen molar-refractivity contribution in [3.8, 4) is 17.2 Å². The van der Waals surface area contributed by atoms with E-state index in [4.69, 9.17) is 11.0 Å². The Morgan fingerprint density at radius 1 is 1.22 bits per heavy atom. The topological polar surface area (TPSA) is 82.5 Å². The van der Waals surface area contributed by atoms with E-state index in [-0.39, 0.29) is 17.9 Å². The van der Waals surface area contributed by atoms with Gasteiger partial charge in [0, 0.05) is 7.05 Å². The molecule has 23 heavy (non-hydrogen) atoms. The van der Waals surface area contributed by atoms with Gasteiger partial charge in [0.15, 0.2) is 5.96 Å². The third-order valence-corrected chi connectivity index (χ3v) is 3.97. The average molecular weight is 304 g/mol. The minimum atomic E-state index is -0.266. The highest BCUT2D eigenvalue weighted by Crippen LogP contribution is 2.29. The van der Waals surface area contributed by atoms with Crippen LogP contribution in [0, 0.1) is 11.3 Å². The fraction of sp³-hybridized carbons (Fsp3) is 0.167. The third-order valence-electron chi connectivity index (χ3n) is 3.97. The van der Waals surface area contributed by atoms with E-state index < -0.39 is 0 Å². The molecule has 0 radical (unpaired) electrons. The highest BCUT2D eigenvalue weighted by Gasteiger charge is 2.25. The van der Waals surface area contributed by atoms with Crippen LogP contribution in [0.4, 0.5) is 0 Å². The molecular formula is C18H16N4O. The highest BCUT2D eigenvalue weighted by atomic mass is 16.2. The number of carbonyl (C=O) groups excluding carboxylic acids is 1. The van der Waals surface area contributed by atoms with Crippen LogP contribution in [0.2, 0.25) is 0 Å². The smallest absolute Gasteiger partial charge is 0.231 e. The maximum Gasteiger partial charge on any atom is 0.231 e. The third kappa shape index (κ3) is 2.92. The molecule has 0 aromatic heterocycles. The first-order valence-electron chi connectivity index (χ1n) is 7.29. The zero-order valence-corrected chi connectivity index (χ0v) is 12.7. The van der Waals surface area contributed by atoms with E-state index in [2.05, 4.69) is 11.1 Å². The Bertz CT molecular complexity index is 835. The second kappa shape index (κ2) is 5.93. The molecule has 1 aliphatic rings. The van der Waals surface area contributed by atoms with Crippen molar-refractivity contribution in [3.05, 3.63) is 59.7 Å². The number of nitrogens with two attached hydrogens (primary N) is 1. The quantitative estimate of drug-likeness (QED) is 0.925. The Morgan fingerprint density at radius 3 is 2.61 bits per heavy atom. The normalized spacial score (nSPS) is 17.6. The van der Waals surface area contributed by atoms with Gasteiger partial charge in [-0.1, -0.05) is 30.3 Å². The Morgan fingerprint density at radius 2 is 1.91 bits per heavy atom. The maximum absolute atomic E-state index is 12.0. The van der Waals surface area contributed by atoms with Crippen molar-refractivity contribution < 1.29 is 4.79 Å². The number of guanidine groups is 1. The van der Waals surface area contributed by atoms with Crippen LogP contribution in [0.3, 0.4) is 0 Å². The van der Waals surface area contributed by atoms with Crippen LogP contribution in [-0.2, 0) is 4.79 Å². The summed E-state index contributed by atoms with van der Waals surface area (Å²) in [5.74, 6) is 0.197. The molecule has 1 unspecified atom stereocenters. The molecule has 1 amide bonds. The van der Waals surface area contributed by atoms with Gasteiger partial charge in [-0.2, -0.15) is 5.26 Å². The van der Waals surface area contributed by atoms with Crippen LogP contribution < -0.4 is 5.73 Å². The van der Waals surface area contributed by atoms with Crippen molar-refractivity contribution in [2.75, 3.05) is 7.05 Å². The maximum atomic E-state index is 12.0. The van der Waals surface area contributed by atoms with Crippen molar-refractivity contribution in [1.82, 2.24) is 4.90 Å². The summed E-state index contributed by atoms with van der Waals surface area (Å²) < 4.78 is 0. The summed E-state index contributed by atoms with van der Waals surface area (Å²) >= 11 is 0. The van der Waals surface area contributed by atoms with Gasteiger partial charge in [-0.3, -0.25) is 9.69 Å². The molecule has 2 aromatic carbocycles. The first-order chi connectivity index (χ1) is 11.1. The van der Waals surface area contributed by atoms with E-state index in [1.54, 1.807) is 13.1 Å². The molecule has 0 fully saturated rings. The summed E-state index contributed by atoms with van der Waals surface area (Å²) in [6.45, 7) is 0. The molecule has 1 heterocycles. The zero-order valence-electron chi connectivity index (χ0n) is 12.7. The molecule has 0 spiro atoms. The number of aliphatic imine (C=N–C) groups is 1. The van der Waals surface area contributed by atoms with Crippen LogP contribution in [0.15, 0.2) is 53.5 Å². The molecule has 1 atom stereocenters. The zero-order chi connectivity index (χ0) is 16.4. The lowest BCUT2D eigenvalue weighted by molar-refractivity contribution is -0.127. The lowest BCUT2D eigenvalue weighted by Gasteiger charge is -2.25. The lowest BCUT2D eigenvalue weighted by Crippen LogP contribution is -2.42. The van der Waals surface area contributed by atoms with Gasteiger partial charge >= 0.3 is 0 Å². The molecule has 0 aliphatic carbocycles. The predicted molar refractivity (Wildman–Crippen MR) is 88.3 cm³/mol. The molecule has 3 rings (SSSR count). The first kappa shape index (κ1) is 14.8. The van der Waals surface area contributed by atoms with Gasteiger partial charge in [0.05, 0.1) is 24.1 Å². The monoisotopic (exact) mass is 304 g/mol. The minimum absolute atomic E-state index is 0.0422. The Labute approximate surface area is 134 Å². The predicted octanol–water partition coefficient (Wildman–Crippen LogP) is 2.44. The van der Waals surface area contributed by atoms with Crippen molar-refractivity contribution in [2.45, 2.75) is 12.5 Å². The van der Waals surface area contributed by atoms with E-state index in [0.717, 1.165) is 16.7 Å². The summed E-state index contributed by atoms with van der Waals surface area (Å²) in [6, 6.07) is 17.1. The van der Waals surface area contributed by atoms with Crippen LogP contribution in [-0.4, -0.2) is 23.8 Å². The number of nitrogens with zero attached hydrogens (tertiary/aromatic N) is 3. The van der Waals surface area contributed by atoms with Crippen LogP contribution in [0.1, 0.15) is 23.6 Å². The summed E-state index contributed by atoms with van der Waals surface area (Å²) in [5.41, 5.74) is 9.30. The molecule has 5 nitrogen and oxygen atoms in total. The van der Waals surface area contributed by atoms with Crippen LogP contribution in [0.25, 0.3) is 11.1 Å². The van der Waals surface area contributed by atoms with Gasteiger partial charge in [0.25, 0.3) is 0 Å². The molecule has 2 N–H and O–H groups in total. The summed E-state index contributed by atoms with van der Waals surface area (Å²) in [4.78, 5) is 17.7. The number of rotatable bonds is 2. The fourth-order valence-electron chi connectivity index (χ4n) is 2.61. The van der Waals surface area contributed by atoms with E-state index in [0.29, 0.717) is 12.0 Å². The minimum Gasteiger partial charge on any atom is -0.369 e. The van der Waals surface area contributed by atoms with Crippen molar-refractivity contribution in [2.24, 2.45) is 10.7 Å². The lowest BCUT2D eigenvalue weighted by atomic mass is 9.96. The van der Waals surface area contributed by atoms with Gasteiger partial charge in [-0.25, -0.2) is 4.99 Å². The molecular weight excluding hydrogens is 288 g/mol. The number of benzene rings is 2. The fourth-order valence-corrected chi connectivity index (χ4v) is 2.61. The van der Waals surface area contributed by atoms with Gasteiger partial charge < -0.3 is 5.73 Å². The van der Waals surface area contributed by atoms with Gasteiger partial charge in [0.2, 0.25) is 5.91 Å². The second-order valence-corrected chi connectivity index (χ2v) is 5.48. The Kier molecular flexibility index (Phi) is 3.82. The van der Waals surface area contributed by atoms with Gasteiger partial charge in [-0.15, -0.1) is 0 Å². The van der Waals surface area contributed by atoms with Crippen LogP contribution >= 0.6 is 0 Å². The number of nitriles is 1. The molecule has 2 aromatic rings. The van der Waals surface area contributed by atoms with E-state index in [9.17, 15) is 4.79 Å². The number of hydrogen-bond donors (Lipinski definition) is 1. The summed E-state index contributed by atoms with van der Waals surface area (Å²) in [7, 11) is 1.63. The van der Waals surface area contributed by atoms with Crippen molar-refractivity contribution in [3.63, 3.8) is 0 Å².